The van der Waals surface area contributed by atoms with E-state index in [2.05, 4.69) is 37.3 Å². The van der Waals surface area contributed by atoms with Crippen LogP contribution in [0.5, 0.6) is 0 Å². The van der Waals surface area contributed by atoms with E-state index in [-0.39, 0.29) is 29.9 Å². The number of nitrogens with one attached hydrogen (secondary N) is 2. The number of carbonyl (C=O) groups excluding carboxylic acids is 1. The van der Waals surface area contributed by atoms with Crippen molar-refractivity contribution in [1.82, 2.24) is 25.4 Å². The second-order valence-electron chi connectivity index (χ2n) is 6.57. The van der Waals surface area contributed by atoms with Gasteiger partial charge < -0.3 is 20.3 Å². The predicted octanol–water partition coefficient (Wildman–Crippen LogP) is 0.876. The molecule has 160 valence electrons. The number of rotatable bonds is 8. The van der Waals surface area contributed by atoms with Crippen molar-refractivity contribution < 1.29 is 9.53 Å². The molecule has 0 atom stereocenters. The van der Waals surface area contributed by atoms with Gasteiger partial charge in [0.05, 0.1) is 23.9 Å². The van der Waals surface area contributed by atoms with Crippen LogP contribution in [0.4, 0.5) is 0 Å². The van der Waals surface area contributed by atoms with Crippen molar-refractivity contribution in [2.45, 2.75) is 20.3 Å². The van der Waals surface area contributed by atoms with E-state index >= 15 is 0 Å². The molecule has 1 fully saturated rings. The van der Waals surface area contributed by atoms with Crippen LogP contribution in [0.2, 0.25) is 0 Å². The summed E-state index contributed by atoms with van der Waals surface area (Å²) in [6.45, 7) is 9.94. The highest BCUT2D eigenvalue weighted by molar-refractivity contribution is 14.0. The monoisotopic (exact) mass is 524 g/mol. The maximum atomic E-state index is 11.9. The number of aryl methyl sites for hydroxylation is 2. The van der Waals surface area contributed by atoms with Gasteiger partial charge in [-0.2, -0.15) is 0 Å². The van der Waals surface area contributed by atoms with Crippen molar-refractivity contribution in [3.63, 3.8) is 0 Å². The quantitative estimate of drug-likeness (QED) is 0.228. The van der Waals surface area contributed by atoms with E-state index in [1.165, 1.54) is 4.88 Å². The van der Waals surface area contributed by atoms with E-state index < -0.39 is 0 Å². The fourth-order valence-electron chi connectivity index (χ4n) is 3.09. The first kappa shape index (κ1) is 25.1. The Bertz CT molecular complexity index is 632. The van der Waals surface area contributed by atoms with Crippen LogP contribution >= 0.6 is 35.3 Å². The van der Waals surface area contributed by atoms with Crippen LogP contribution in [0.25, 0.3) is 0 Å². The van der Waals surface area contributed by atoms with Crippen molar-refractivity contribution in [3.8, 4) is 0 Å². The smallest absolute Gasteiger partial charge is 0.234 e. The van der Waals surface area contributed by atoms with Gasteiger partial charge in [-0.3, -0.25) is 14.7 Å². The van der Waals surface area contributed by atoms with Crippen LogP contribution in [0.1, 0.15) is 15.6 Å². The Labute approximate surface area is 189 Å². The Kier molecular flexibility index (Phi) is 11.9. The van der Waals surface area contributed by atoms with Gasteiger partial charge in [-0.05, 0) is 13.8 Å². The minimum atomic E-state index is 0. The molecule has 10 heteroatoms. The molecular formula is C18H33IN6O2S. The zero-order valence-corrected chi connectivity index (χ0v) is 20.4. The summed E-state index contributed by atoms with van der Waals surface area (Å²) in [5.41, 5.74) is 1.13. The number of nitrogens with zero attached hydrogens (tertiary/aromatic N) is 4. The van der Waals surface area contributed by atoms with Crippen molar-refractivity contribution in [2.24, 2.45) is 4.99 Å². The molecule has 0 bridgehead atoms. The molecule has 0 aromatic carbocycles. The SMILES string of the molecule is CN=C(NCCc1sc(C)nc1C)N1CCN(CC(=O)NCCOC)CC1.I. The molecule has 1 aromatic rings. The lowest BCUT2D eigenvalue weighted by atomic mass is 10.3. The molecular weight excluding hydrogens is 491 g/mol. The molecule has 1 aromatic heterocycles. The van der Waals surface area contributed by atoms with Gasteiger partial charge in [0, 0.05) is 64.7 Å². The second kappa shape index (κ2) is 13.3. The van der Waals surface area contributed by atoms with Crippen LogP contribution in [-0.4, -0.2) is 93.2 Å². The highest BCUT2D eigenvalue weighted by Gasteiger charge is 2.21. The summed E-state index contributed by atoms with van der Waals surface area (Å²) >= 11 is 1.77. The molecule has 2 N–H and O–H groups in total. The average molecular weight is 524 g/mol. The fourth-order valence-corrected chi connectivity index (χ4v) is 4.03. The van der Waals surface area contributed by atoms with E-state index in [1.54, 1.807) is 18.4 Å². The number of carbonyl (C=O) groups is 1. The van der Waals surface area contributed by atoms with Crippen LogP contribution < -0.4 is 10.6 Å². The largest absolute Gasteiger partial charge is 0.383 e. The molecule has 0 saturated carbocycles. The number of thiazole rings is 1. The van der Waals surface area contributed by atoms with Gasteiger partial charge in [-0.1, -0.05) is 0 Å². The number of piperazine rings is 1. The maximum Gasteiger partial charge on any atom is 0.234 e. The van der Waals surface area contributed by atoms with Gasteiger partial charge >= 0.3 is 0 Å². The van der Waals surface area contributed by atoms with Gasteiger partial charge in [-0.15, -0.1) is 35.3 Å². The maximum absolute atomic E-state index is 11.9. The van der Waals surface area contributed by atoms with Gasteiger partial charge in [-0.25, -0.2) is 4.98 Å². The van der Waals surface area contributed by atoms with E-state index in [9.17, 15) is 4.79 Å². The second-order valence-corrected chi connectivity index (χ2v) is 7.86. The van der Waals surface area contributed by atoms with E-state index in [0.29, 0.717) is 19.7 Å². The summed E-state index contributed by atoms with van der Waals surface area (Å²) in [4.78, 5) is 26.6. The number of ether oxygens (including phenoxy) is 1. The van der Waals surface area contributed by atoms with Gasteiger partial charge in [0.2, 0.25) is 5.91 Å². The number of hydrogen-bond acceptors (Lipinski definition) is 6. The van der Waals surface area contributed by atoms with Crippen molar-refractivity contribution in [2.75, 3.05) is 66.6 Å². The first-order valence-corrected chi connectivity index (χ1v) is 10.2. The summed E-state index contributed by atoms with van der Waals surface area (Å²) in [5, 5.41) is 7.44. The van der Waals surface area contributed by atoms with Crippen molar-refractivity contribution >= 4 is 47.2 Å². The predicted molar refractivity (Wildman–Crippen MR) is 125 cm³/mol. The number of aromatic nitrogens is 1. The van der Waals surface area contributed by atoms with Gasteiger partial charge in [0.15, 0.2) is 5.96 Å². The molecule has 2 rings (SSSR count). The third kappa shape index (κ3) is 8.18. The zero-order chi connectivity index (χ0) is 19.6. The molecule has 8 nitrogen and oxygen atoms in total. The summed E-state index contributed by atoms with van der Waals surface area (Å²) in [5.74, 6) is 0.983. The Balaban J connectivity index is 0.00000392. The molecule has 0 radical (unpaired) electrons. The Morgan fingerprint density at radius 2 is 1.93 bits per heavy atom. The molecule has 1 aliphatic heterocycles. The van der Waals surface area contributed by atoms with E-state index in [1.807, 2.05) is 14.0 Å². The summed E-state index contributed by atoms with van der Waals surface area (Å²) < 4.78 is 4.95. The molecule has 0 aliphatic carbocycles. The topological polar surface area (TPSA) is 82.1 Å². The number of guanidine groups is 1. The summed E-state index contributed by atoms with van der Waals surface area (Å²) in [6, 6.07) is 0. The minimum absolute atomic E-state index is 0. The number of methoxy groups -OCH3 is 1. The number of amides is 1. The lowest BCUT2D eigenvalue weighted by Crippen LogP contribution is -2.54. The molecule has 0 spiro atoms. The van der Waals surface area contributed by atoms with Crippen LogP contribution in [0.3, 0.4) is 0 Å². The first-order chi connectivity index (χ1) is 13.0. The first-order valence-electron chi connectivity index (χ1n) is 9.40. The number of hydrogen-bond donors (Lipinski definition) is 2. The minimum Gasteiger partial charge on any atom is -0.383 e. The third-order valence-electron chi connectivity index (χ3n) is 4.51. The van der Waals surface area contributed by atoms with E-state index in [4.69, 9.17) is 4.74 Å². The fraction of sp³-hybridized carbons (Fsp3) is 0.722. The zero-order valence-electron chi connectivity index (χ0n) is 17.3. The normalized spacial score (nSPS) is 15.3. The highest BCUT2D eigenvalue weighted by Crippen LogP contribution is 2.17. The Morgan fingerprint density at radius 3 is 2.50 bits per heavy atom. The van der Waals surface area contributed by atoms with E-state index in [0.717, 1.165) is 55.8 Å². The van der Waals surface area contributed by atoms with Gasteiger partial charge in [0.1, 0.15) is 0 Å². The lowest BCUT2D eigenvalue weighted by Gasteiger charge is -2.36. The Morgan fingerprint density at radius 1 is 1.21 bits per heavy atom. The standard InChI is InChI=1S/C18H32N6O2S.HI/c1-14-16(27-15(2)22-14)5-6-21-18(19-3)24-10-8-23(9-11-24)13-17(25)20-7-12-26-4;/h5-13H2,1-4H3,(H,19,21)(H,20,25);1H. The molecule has 1 amide bonds. The molecule has 2 heterocycles. The average Bonchev–Trinajstić information content (AvgIpc) is 2.97. The lowest BCUT2D eigenvalue weighted by molar-refractivity contribution is -0.122. The van der Waals surface area contributed by atoms with Crippen molar-refractivity contribution in [1.29, 1.82) is 0 Å². The van der Waals surface area contributed by atoms with Crippen LogP contribution in [-0.2, 0) is 16.0 Å². The van der Waals surface area contributed by atoms with Crippen LogP contribution in [0.15, 0.2) is 4.99 Å². The van der Waals surface area contributed by atoms with Crippen LogP contribution in [0, 0.1) is 13.8 Å². The third-order valence-corrected chi connectivity index (χ3v) is 5.65. The number of aliphatic imine (C=N–C) groups is 1. The molecule has 28 heavy (non-hydrogen) atoms. The summed E-state index contributed by atoms with van der Waals surface area (Å²) in [7, 11) is 3.45. The summed E-state index contributed by atoms with van der Waals surface area (Å²) in [6.07, 6.45) is 0.956. The van der Waals surface area contributed by atoms with Gasteiger partial charge in [0.25, 0.3) is 0 Å². The number of halogens is 1. The highest BCUT2D eigenvalue weighted by atomic mass is 127. The molecule has 0 unspecified atom stereocenters. The molecule has 1 aliphatic rings. The Hall–Kier alpha value is -0.980. The van der Waals surface area contributed by atoms with Crippen molar-refractivity contribution in [3.05, 3.63) is 15.6 Å². The molecule has 1 saturated heterocycles.